The minimum absolute atomic E-state index is 0.526. The molecule has 0 aromatic carbocycles. The monoisotopic (exact) mass is 141 g/mol. The molecule has 2 N–H and O–H groups in total. The summed E-state index contributed by atoms with van der Waals surface area (Å²) in [6.07, 6.45) is 7.01. The van der Waals surface area contributed by atoms with E-state index in [-0.39, 0.29) is 0 Å². The molecule has 0 aliphatic heterocycles. The van der Waals surface area contributed by atoms with Gasteiger partial charge < -0.3 is 5.21 Å². The highest BCUT2D eigenvalue weighted by molar-refractivity contribution is 5.18. The Morgan fingerprint density at radius 3 is 2.70 bits per heavy atom. The van der Waals surface area contributed by atoms with E-state index in [9.17, 15) is 0 Å². The maximum Gasteiger partial charge on any atom is 0.0454 e. The van der Waals surface area contributed by atoms with Crippen molar-refractivity contribution in [3.05, 3.63) is 23.8 Å². The zero-order valence-corrected chi connectivity index (χ0v) is 6.59. The highest BCUT2D eigenvalue weighted by Gasteiger charge is 1.86. The first-order chi connectivity index (χ1) is 4.85. The van der Waals surface area contributed by atoms with Gasteiger partial charge in [0.25, 0.3) is 0 Å². The summed E-state index contributed by atoms with van der Waals surface area (Å²) in [4.78, 5) is 0. The van der Waals surface area contributed by atoms with Crippen LogP contribution in [0, 0.1) is 0 Å². The molecule has 0 aromatic rings. The third-order valence-electron chi connectivity index (χ3n) is 1.13. The van der Waals surface area contributed by atoms with E-state index in [4.69, 9.17) is 5.21 Å². The number of nitrogens with one attached hydrogen (secondary N) is 1. The van der Waals surface area contributed by atoms with Gasteiger partial charge in [-0.25, -0.2) is 5.48 Å². The van der Waals surface area contributed by atoms with Gasteiger partial charge in [-0.2, -0.15) is 0 Å². The van der Waals surface area contributed by atoms with Crippen molar-refractivity contribution in [3.8, 4) is 0 Å². The summed E-state index contributed by atoms with van der Waals surface area (Å²) < 4.78 is 0. The maximum absolute atomic E-state index is 8.37. The third kappa shape index (κ3) is 4.30. The van der Waals surface area contributed by atoms with Crippen molar-refractivity contribution in [2.24, 2.45) is 0 Å². The lowest BCUT2D eigenvalue weighted by atomic mass is 10.2. The molecule has 10 heavy (non-hydrogen) atoms. The standard InChI is InChI=1S/C8H15NO/c1-3-5-8(6-4-2)7-9-10/h3,5-6,9-10H,4,7H2,1-2H3/b5-3-,8-6+. The van der Waals surface area contributed by atoms with Crippen molar-refractivity contribution in [2.45, 2.75) is 20.3 Å². The molecule has 0 aromatic heterocycles. The van der Waals surface area contributed by atoms with Crippen LogP contribution in [-0.4, -0.2) is 11.8 Å². The summed E-state index contributed by atoms with van der Waals surface area (Å²) in [5, 5.41) is 8.37. The molecule has 0 rings (SSSR count). The SMILES string of the molecule is C/C=C\C(=C/CC)CNO. The minimum atomic E-state index is 0.526. The normalized spacial score (nSPS) is 12.9. The number of hydrogen-bond acceptors (Lipinski definition) is 2. The Bertz CT molecular complexity index is 127. The fraction of sp³-hybridized carbons (Fsp3) is 0.500. The zero-order chi connectivity index (χ0) is 7.82. The fourth-order valence-corrected chi connectivity index (χ4v) is 0.767. The fourth-order valence-electron chi connectivity index (χ4n) is 0.767. The quantitative estimate of drug-likeness (QED) is 0.463. The van der Waals surface area contributed by atoms with E-state index < -0.39 is 0 Å². The molecular formula is C8H15NO. The van der Waals surface area contributed by atoms with Crippen molar-refractivity contribution >= 4 is 0 Å². The Morgan fingerprint density at radius 2 is 2.30 bits per heavy atom. The summed E-state index contributed by atoms with van der Waals surface area (Å²) in [6.45, 7) is 4.56. The number of allylic oxidation sites excluding steroid dienone is 2. The Kier molecular flexibility index (Phi) is 6.13. The van der Waals surface area contributed by atoms with Gasteiger partial charge in [-0.15, -0.1) is 0 Å². The van der Waals surface area contributed by atoms with Crippen molar-refractivity contribution in [2.75, 3.05) is 6.54 Å². The number of rotatable bonds is 4. The Labute approximate surface area is 62.2 Å². The van der Waals surface area contributed by atoms with Crippen molar-refractivity contribution < 1.29 is 5.21 Å². The highest BCUT2D eigenvalue weighted by atomic mass is 16.5. The lowest BCUT2D eigenvalue weighted by molar-refractivity contribution is 0.177. The van der Waals surface area contributed by atoms with Gasteiger partial charge in [-0.05, 0) is 18.9 Å². The van der Waals surface area contributed by atoms with Crippen LogP contribution >= 0.6 is 0 Å². The van der Waals surface area contributed by atoms with E-state index in [0.29, 0.717) is 6.54 Å². The van der Waals surface area contributed by atoms with E-state index in [1.165, 1.54) is 0 Å². The van der Waals surface area contributed by atoms with Crippen molar-refractivity contribution in [1.82, 2.24) is 5.48 Å². The Balaban J connectivity index is 3.84. The van der Waals surface area contributed by atoms with Gasteiger partial charge >= 0.3 is 0 Å². The van der Waals surface area contributed by atoms with Gasteiger partial charge in [0.1, 0.15) is 0 Å². The lowest BCUT2D eigenvalue weighted by Crippen LogP contribution is -2.09. The van der Waals surface area contributed by atoms with Gasteiger partial charge in [0.2, 0.25) is 0 Å². The Morgan fingerprint density at radius 1 is 1.60 bits per heavy atom. The van der Waals surface area contributed by atoms with E-state index in [1.807, 2.05) is 19.1 Å². The molecule has 58 valence electrons. The van der Waals surface area contributed by atoms with Crippen LogP contribution in [0.1, 0.15) is 20.3 Å². The predicted molar refractivity (Wildman–Crippen MR) is 43.0 cm³/mol. The highest BCUT2D eigenvalue weighted by Crippen LogP contribution is 1.96. The first-order valence-electron chi connectivity index (χ1n) is 3.53. The second-order valence-corrected chi connectivity index (χ2v) is 2.02. The summed E-state index contributed by atoms with van der Waals surface area (Å²) in [5.41, 5.74) is 3.24. The summed E-state index contributed by atoms with van der Waals surface area (Å²) >= 11 is 0. The van der Waals surface area contributed by atoms with E-state index in [0.717, 1.165) is 12.0 Å². The van der Waals surface area contributed by atoms with Crippen LogP contribution in [0.2, 0.25) is 0 Å². The van der Waals surface area contributed by atoms with Crippen LogP contribution < -0.4 is 5.48 Å². The molecule has 0 amide bonds. The van der Waals surface area contributed by atoms with Crippen molar-refractivity contribution in [3.63, 3.8) is 0 Å². The van der Waals surface area contributed by atoms with Gasteiger partial charge in [0.15, 0.2) is 0 Å². The molecule has 0 spiro atoms. The average Bonchev–Trinajstić information content (AvgIpc) is 1.90. The van der Waals surface area contributed by atoms with Gasteiger partial charge in [0, 0.05) is 6.54 Å². The van der Waals surface area contributed by atoms with E-state index >= 15 is 0 Å². The number of hydroxylamine groups is 1. The van der Waals surface area contributed by atoms with Gasteiger partial charge in [0.05, 0.1) is 0 Å². The van der Waals surface area contributed by atoms with Crippen LogP contribution in [0.3, 0.4) is 0 Å². The molecule has 0 unspecified atom stereocenters. The van der Waals surface area contributed by atoms with Crippen LogP contribution in [-0.2, 0) is 0 Å². The second-order valence-electron chi connectivity index (χ2n) is 2.02. The molecule has 0 heterocycles. The molecule has 0 saturated carbocycles. The maximum atomic E-state index is 8.37. The topological polar surface area (TPSA) is 32.3 Å². The molecule has 0 fully saturated rings. The molecule has 0 aliphatic rings. The predicted octanol–water partition coefficient (Wildman–Crippen LogP) is 1.88. The molecule has 0 atom stereocenters. The zero-order valence-electron chi connectivity index (χ0n) is 6.59. The minimum Gasteiger partial charge on any atom is -0.316 e. The molecule has 0 aliphatic carbocycles. The summed E-state index contributed by atoms with van der Waals surface area (Å²) in [7, 11) is 0. The summed E-state index contributed by atoms with van der Waals surface area (Å²) in [5.74, 6) is 0. The van der Waals surface area contributed by atoms with Gasteiger partial charge in [-0.1, -0.05) is 25.2 Å². The molecule has 0 bridgehead atoms. The molecule has 0 saturated heterocycles. The van der Waals surface area contributed by atoms with Crippen LogP contribution in [0.4, 0.5) is 0 Å². The molecule has 2 nitrogen and oxygen atoms in total. The second kappa shape index (κ2) is 6.52. The molecular weight excluding hydrogens is 126 g/mol. The van der Waals surface area contributed by atoms with Crippen LogP contribution in [0.15, 0.2) is 23.8 Å². The smallest absolute Gasteiger partial charge is 0.0454 e. The number of hydrogen-bond donors (Lipinski definition) is 2. The van der Waals surface area contributed by atoms with Crippen LogP contribution in [0.25, 0.3) is 0 Å². The van der Waals surface area contributed by atoms with Crippen LogP contribution in [0.5, 0.6) is 0 Å². The van der Waals surface area contributed by atoms with E-state index in [2.05, 4.69) is 18.5 Å². The Hall–Kier alpha value is -0.600. The largest absolute Gasteiger partial charge is 0.316 e. The lowest BCUT2D eigenvalue weighted by Gasteiger charge is -1.97. The molecule has 0 radical (unpaired) electrons. The average molecular weight is 141 g/mol. The third-order valence-corrected chi connectivity index (χ3v) is 1.13. The first-order valence-corrected chi connectivity index (χ1v) is 3.53. The summed E-state index contributed by atoms with van der Waals surface area (Å²) in [6, 6.07) is 0. The van der Waals surface area contributed by atoms with Gasteiger partial charge in [-0.3, -0.25) is 0 Å². The molecule has 2 heteroatoms. The van der Waals surface area contributed by atoms with E-state index in [1.54, 1.807) is 0 Å². The van der Waals surface area contributed by atoms with Crippen molar-refractivity contribution in [1.29, 1.82) is 0 Å². The first kappa shape index (κ1) is 9.40.